The predicted octanol–water partition coefficient (Wildman–Crippen LogP) is 4.49. The number of aryl methyl sites for hydroxylation is 1. The summed E-state index contributed by atoms with van der Waals surface area (Å²) >= 11 is 5.33. The summed E-state index contributed by atoms with van der Waals surface area (Å²) in [4.78, 5) is 1.40. The van der Waals surface area contributed by atoms with Gasteiger partial charge in [-0.1, -0.05) is 41.4 Å². The fourth-order valence-electron chi connectivity index (χ4n) is 1.10. The van der Waals surface area contributed by atoms with Crippen molar-refractivity contribution in [1.82, 2.24) is 0 Å². The summed E-state index contributed by atoms with van der Waals surface area (Å²) in [5, 5.41) is 3.12. The third-order valence-electron chi connectivity index (χ3n) is 2.14. The van der Waals surface area contributed by atoms with Crippen LogP contribution >= 0.6 is 27.3 Å². The van der Waals surface area contributed by atoms with Gasteiger partial charge in [0, 0.05) is 10.2 Å². The Morgan fingerprint density at radius 3 is 2.69 bits per heavy atom. The Kier molecular flexibility index (Phi) is 4.20. The van der Waals surface area contributed by atoms with Crippen LogP contribution in [0.2, 0.25) is 0 Å². The highest BCUT2D eigenvalue weighted by Gasteiger charge is 2.03. The van der Waals surface area contributed by atoms with Gasteiger partial charge in [0.1, 0.15) is 0 Å². The van der Waals surface area contributed by atoms with Crippen LogP contribution < -0.4 is 0 Å². The normalized spacial score (nSPS) is 12.5. The van der Waals surface area contributed by atoms with Crippen LogP contribution in [-0.4, -0.2) is 5.33 Å². The molecule has 0 amide bonds. The molecule has 0 aliphatic heterocycles. The van der Waals surface area contributed by atoms with E-state index in [0.29, 0.717) is 5.92 Å². The molecule has 1 heterocycles. The number of rotatable bonds is 3. The van der Waals surface area contributed by atoms with Crippen molar-refractivity contribution in [2.45, 2.75) is 20.8 Å². The van der Waals surface area contributed by atoms with Crippen LogP contribution in [-0.2, 0) is 0 Å². The minimum atomic E-state index is 0.624. The Morgan fingerprint density at radius 1 is 1.62 bits per heavy atom. The molecule has 0 aromatic carbocycles. The van der Waals surface area contributed by atoms with Crippen molar-refractivity contribution in [3.63, 3.8) is 0 Å². The molecule has 0 N–H and O–H groups in total. The molecule has 0 nitrogen and oxygen atoms in total. The van der Waals surface area contributed by atoms with E-state index >= 15 is 0 Å². The number of alkyl halides is 1. The largest absolute Gasteiger partial charge is 0.149 e. The van der Waals surface area contributed by atoms with Gasteiger partial charge in [0.25, 0.3) is 0 Å². The van der Waals surface area contributed by atoms with Gasteiger partial charge in [-0.25, -0.2) is 0 Å². The lowest BCUT2D eigenvalue weighted by atomic mass is 10.0. The van der Waals surface area contributed by atoms with Gasteiger partial charge in [-0.3, -0.25) is 0 Å². The minimum absolute atomic E-state index is 0.624. The van der Waals surface area contributed by atoms with E-state index in [9.17, 15) is 0 Å². The SMILES string of the molecule is Cc1sccc1/C=C(\CBr)C(C)C. The molecule has 13 heavy (non-hydrogen) atoms. The van der Waals surface area contributed by atoms with E-state index in [0.717, 1.165) is 5.33 Å². The molecular formula is C11H15BrS. The summed E-state index contributed by atoms with van der Waals surface area (Å²) in [7, 11) is 0. The molecule has 0 unspecified atom stereocenters. The van der Waals surface area contributed by atoms with E-state index in [1.54, 1.807) is 0 Å². The van der Waals surface area contributed by atoms with Gasteiger partial charge in [0.15, 0.2) is 0 Å². The molecule has 72 valence electrons. The summed E-state index contributed by atoms with van der Waals surface area (Å²) in [6, 6.07) is 2.19. The molecule has 1 aromatic rings. The molecule has 0 atom stereocenters. The second kappa shape index (κ2) is 4.97. The first-order valence-electron chi connectivity index (χ1n) is 4.45. The Bertz CT molecular complexity index is 297. The van der Waals surface area contributed by atoms with Crippen LogP contribution in [0.4, 0.5) is 0 Å². The van der Waals surface area contributed by atoms with Crippen molar-refractivity contribution >= 4 is 33.3 Å². The Labute approximate surface area is 92.8 Å². The highest BCUT2D eigenvalue weighted by atomic mass is 79.9. The zero-order valence-electron chi connectivity index (χ0n) is 8.30. The third-order valence-corrected chi connectivity index (χ3v) is 3.64. The van der Waals surface area contributed by atoms with E-state index < -0.39 is 0 Å². The van der Waals surface area contributed by atoms with E-state index in [1.807, 2.05) is 11.3 Å². The smallest absolute Gasteiger partial charge is 0.0247 e. The first-order valence-corrected chi connectivity index (χ1v) is 6.45. The summed E-state index contributed by atoms with van der Waals surface area (Å²) in [5.74, 6) is 0.624. The van der Waals surface area contributed by atoms with Crippen molar-refractivity contribution < 1.29 is 0 Å². The number of allylic oxidation sites excluding steroid dienone is 1. The van der Waals surface area contributed by atoms with Crippen LogP contribution in [0.3, 0.4) is 0 Å². The fourth-order valence-corrected chi connectivity index (χ4v) is 2.59. The molecule has 0 radical (unpaired) electrons. The van der Waals surface area contributed by atoms with Gasteiger partial charge >= 0.3 is 0 Å². The lowest BCUT2D eigenvalue weighted by Crippen LogP contribution is -1.94. The van der Waals surface area contributed by atoms with E-state index in [1.165, 1.54) is 16.0 Å². The van der Waals surface area contributed by atoms with Crippen LogP contribution in [0, 0.1) is 12.8 Å². The molecule has 1 aromatic heterocycles. The maximum absolute atomic E-state index is 3.52. The molecule has 0 spiro atoms. The van der Waals surface area contributed by atoms with Crippen LogP contribution in [0.25, 0.3) is 6.08 Å². The monoisotopic (exact) mass is 258 g/mol. The van der Waals surface area contributed by atoms with E-state index in [4.69, 9.17) is 0 Å². The van der Waals surface area contributed by atoms with Crippen molar-refractivity contribution in [3.8, 4) is 0 Å². The second-order valence-electron chi connectivity index (χ2n) is 3.44. The molecule has 0 fully saturated rings. The van der Waals surface area contributed by atoms with E-state index in [2.05, 4.69) is 54.2 Å². The standard InChI is InChI=1S/C11H15BrS/c1-8(2)11(7-12)6-10-4-5-13-9(10)3/h4-6,8H,7H2,1-3H3/b11-6+. The summed E-state index contributed by atoms with van der Waals surface area (Å²) in [6.45, 7) is 6.63. The molecule has 0 bridgehead atoms. The highest BCUT2D eigenvalue weighted by molar-refractivity contribution is 9.09. The van der Waals surface area contributed by atoms with Gasteiger partial charge in [0.2, 0.25) is 0 Å². The number of hydrogen-bond acceptors (Lipinski definition) is 1. The van der Waals surface area contributed by atoms with Crippen molar-refractivity contribution in [1.29, 1.82) is 0 Å². The maximum atomic E-state index is 3.52. The minimum Gasteiger partial charge on any atom is -0.149 e. The number of hydrogen-bond donors (Lipinski definition) is 0. The maximum Gasteiger partial charge on any atom is 0.0247 e. The quantitative estimate of drug-likeness (QED) is 0.701. The highest BCUT2D eigenvalue weighted by Crippen LogP contribution is 2.22. The van der Waals surface area contributed by atoms with Crippen LogP contribution in [0.15, 0.2) is 17.0 Å². The first-order chi connectivity index (χ1) is 6.15. The van der Waals surface area contributed by atoms with E-state index in [-0.39, 0.29) is 0 Å². The summed E-state index contributed by atoms with van der Waals surface area (Å²) < 4.78 is 0. The predicted molar refractivity (Wildman–Crippen MR) is 65.7 cm³/mol. The molecule has 1 rings (SSSR count). The van der Waals surface area contributed by atoms with Gasteiger partial charge in [-0.05, 0) is 29.9 Å². The Balaban J connectivity index is 2.91. The average molecular weight is 259 g/mol. The lowest BCUT2D eigenvalue weighted by Gasteiger charge is -2.07. The number of halogens is 1. The van der Waals surface area contributed by atoms with Crippen molar-refractivity contribution in [2.75, 3.05) is 5.33 Å². The Morgan fingerprint density at radius 2 is 2.31 bits per heavy atom. The summed E-state index contributed by atoms with van der Waals surface area (Å²) in [5.41, 5.74) is 2.83. The Hall–Kier alpha value is -0.0800. The topological polar surface area (TPSA) is 0 Å². The van der Waals surface area contributed by atoms with Crippen LogP contribution in [0.1, 0.15) is 24.3 Å². The van der Waals surface area contributed by atoms with Gasteiger partial charge < -0.3 is 0 Å². The fraction of sp³-hybridized carbons (Fsp3) is 0.455. The second-order valence-corrected chi connectivity index (χ2v) is 5.12. The van der Waals surface area contributed by atoms with Crippen molar-refractivity contribution in [3.05, 3.63) is 27.5 Å². The molecule has 0 aliphatic carbocycles. The van der Waals surface area contributed by atoms with Gasteiger partial charge in [-0.15, -0.1) is 11.3 Å². The summed E-state index contributed by atoms with van der Waals surface area (Å²) in [6.07, 6.45) is 2.30. The lowest BCUT2D eigenvalue weighted by molar-refractivity contribution is 0.781. The first kappa shape index (κ1) is 11.0. The average Bonchev–Trinajstić information content (AvgIpc) is 2.46. The van der Waals surface area contributed by atoms with Crippen molar-refractivity contribution in [2.24, 2.45) is 5.92 Å². The molecule has 2 heteroatoms. The number of thiophene rings is 1. The molecular weight excluding hydrogens is 244 g/mol. The van der Waals surface area contributed by atoms with Gasteiger partial charge in [-0.2, -0.15) is 0 Å². The third kappa shape index (κ3) is 2.96. The van der Waals surface area contributed by atoms with Gasteiger partial charge in [0.05, 0.1) is 0 Å². The zero-order chi connectivity index (χ0) is 9.84. The molecule has 0 saturated carbocycles. The zero-order valence-corrected chi connectivity index (χ0v) is 10.7. The molecule has 0 saturated heterocycles. The van der Waals surface area contributed by atoms with Crippen LogP contribution in [0.5, 0.6) is 0 Å². The molecule has 0 aliphatic rings.